The number of hydrogen-bond acceptors (Lipinski definition) is 3. The highest BCUT2D eigenvalue weighted by molar-refractivity contribution is 6.29. The quantitative estimate of drug-likeness (QED) is 0.442. The van der Waals surface area contributed by atoms with Crippen LogP contribution in [0.25, 0.3) is 0 Å². The van der Waals surface area contributed by atoms with E-state index < -0.39 is 5.82 Å². The topological polar surface area (TPSA) is 42.9 Å². The summed E-state index contributed by atoms with van der Waals surface area (Å²) in [5.74, 6) is -0.608. The van der Waals surface area contributed by atoms with Gasteiger partial charge in [-0.05, 0) is 35.2 Å². The average molecular weight is 383 g/mol. The third-order valence-electron chi connectivity index (χ3n) is 4.94. The molecular formula is C22H20ClFN2O. The van der Waals surface area contributed by atoms with Crippen molar-refractivity contribution in [3.8, 4) is 0 Å². The van der Waals surface area contributed by atoms with Crippen LogP contribution in [0.3, 0.4) is 0 Å². The Morgan fingerprint density at radius 2 is 1.70 bits per heavy atom. The molecule has 1 aromatic carbocycles. The number of carbonyl (C=O) groups is 1. The van der Waals surface area contributed by atoms with Crippen LogP contribution in [0.1, 0.15) is 46.5 Å². The van der Waals surface area contributed by atoms with Crippen LogP contribution >= 0.6 is 11.6 Å². The first-order chi connectivity index (χ1) is 12.8. The number of aromatic nitrogens is 2. The van der Waals surface area contributed by atoms with Crippen LogP contribution in [0.5, 0.6) is 0 Å². The fourth-order valence-electron chi connectivity index (χ4n) is 3.01. The Hall–Kier alpha value is -2.59. The van der Waals surface area contributed by atoms with E-state index in [4.69, 9.17) is 11.6 Å². The van der Waals surface area contributed by atoms with E-state index in [1.165, 1.54) is 6.20 Å². The molecule has 0 radical (unpaired) electrons. The summed E-state index contributed by atoms with van der Waals surface area (Å²) in [7, 11) is 0. The van der Waals surface area contributed by atoms with Gasteiger partial charge in [-0.1, -0.05) is 55.8 Å². The predicted molar refractivity (Wildman–Crippen MR) is 105 cm³/mol. The third-order valence-corrected chi connectivity index (χ3v) is 5.17. The number of benzene rings is 1. The van der Waals surface area contributed by atoms with Crippen molar-refractivity contribution >= 4 is 17.4 Å². The predicted octanol–water partition coefficient (Wildman–Crippen LogP) is 5.33. The molecule has 3 nitrogen and oxygen atoms in total. The van der Waals surface area contributed by atoms with E-state index in [0.29, 0.717) is 16.3 Å². The van der Waals surface area contributed by atoms with Crippen molar-refractivity contribution in [2.75, 3.05) is 0 Å². The summed E-state index contributed by atoms with van der Waals surface area (Å²) in [5.41, 5.74) is 3.44. The lowest BCUT2D eigenvalue weighted by Crippen LogP contribution is -2.19. The molecule has 0 N–H and O–H groups in total. The number of Topliss-reactive ketones (excluding diaryl/α,β-unsaturated/α-hetero) is 1. The van der Waals surface area contributed by atoms with Crippen LogP contribution in [0.4, 0.5) is 4.39 Å². The second-order valence-electron chi connectivity index (χ2n) is 7.09. The van der Waals surface area contributed by atoms with E-state index in [0.717, 1.165) is 22.9 Å². The van der Waals surface area contributed by atoms with Crippen molar-refractivity contribution in [3.63, 3.8) is 0 Å². The summed E-state index contributed by atoms with van der Waals surface area (Å²) in [5, 5.41) is 0.463. The molecule has 0 fully saturated rings. The minimum absolute atomic E-state index is 0.145. The third kappa shape index (κ3) is 4.06. The summed E-state index contributed by atoms with van der Waals surface area (Å²) in [6.07, 6.45) is 4.52. The zero-order valence-corrected chi connectivity index (χ0v) is 16.2. The van der Waals surface area contributed by atoms with Crippen LogP contribution in [-0.2, 0) is 11.8 Å². The van der Waals surface area contributed by atoms with Crippen LogP contribution in [-0.4, -0.2) is 15.8 Å². The van der Waals surface area contributed by atoms with Crippen molar-refractivity contribution in [2.24, 2.45) is 0 Å². The van der Waals surface area contributed by atoms with Crippen molar-refractivity contribution in [1.82, 2.24) is 9.97 Å². The van der Waals surface area contributed by atoms with E-state index in [1.807, 2.05) is 30.3 Å². The van der Waals surface area contributed by atoms with Crippen molar-refractivity contribution in [1.29, 1.82) is 0 Å². The van der Waals surface area contributed by atoms with Gasteiger partial charge in [0.15, 0.2) is 5.78 Å². The first-order valence-corrected chi connectivity index (χ1v) is 9.01. The van der Waals surface area contributed by atoms with Crippen LogP contribution < -0.4 is 0 Å². The van der Waals surface area contributed by atoms with Crippen LogP contribution in [0, 0.1) is 12.7 Å². The summed E-state index contributed by atoms with van der Waals surface area (Å²) in [4.78, 5) is 20.4. The summed E-state index contributed by atoms with van der Waals surface area (Å²) in [6.45, 7) is 5.82. The number of pyridine rings is 2. The highest BCUT2D eigenvalue weighted by Gasteiger charge is 2.23. The molecule has 0 bridgehead atoms. The molecule has 3 rings (SSSR count). The molecule has 2 heterocycles. The van der Waals surface area contributed by atoms with Gasteiger partial charge >= 0.3 is 0 Å². The molecule has 0 saturated heterocycles. The lowest BCUT2D eigenvalue weighted by molar-refractivity contribution is 0.0991. The molecule has 0 unspecified atom stereocenters. The van der Waals surface area contributed by atoms with Crippen LogP contribution in [0.15, 0.2) is 55.0 Å². The molecule has 0 atom stereocenters. The van der Waals surface area contributed by atoms with E-state index >= 15 is 0 Å². The Labute approximate surface area is 163 Å². The average Bonchev–Trinajstić information content (AvgIpc) is 2.64. The molecule has 0 aliphatic heterocycles. The molecule has 0 amide bonds. The fraction of sp³-hybridized carbons (Fsp3) is 0.227. The number of ketones is 1. The van der Waals surface area contributed by atoms with E-state index in [9.17, 15) is 9.18 Å². The van der Waals surface area contributed by atoms with Gasteiger partial charge in [0.1, 0.15) is 11.0 Å². The Bertz CT molecular complexity index is 967. The van der Waals surface area contributed by atoms with Crippen LogP contribution in [0.2, 0.25) is 5.15 Å². The SMILES string of the molecule is Cc1c(F)cncc1C(=O)Cc1ccc(C(C)(C)c2ccc(Cl)nc2)cc1. The molecule has 0 saturated carbocycles. The molecule has 0 spiro atoms. The van der Waals surface area contributed by atoms with Gasteiger partial charge in [-0.25, -0.2) is 9.37 Å². The number of rotatable bonds is 5. The molecule has 0 aliphatic carbocycles. The monoisotopic (exact) mass is 382 g/mol. The minimum atomic E-state index is -0.463. The molecule has 138 valence electrons. The Morgan fingerprint density at radius 1 is 1.04 bits per heavy atom. The Morgan fingerprint density at radius 3 is 2.33 bits per heavy atom. The van der Waals surface area contributed by atoms with Gasteiger partial charge in [-0.15, -0.1) is 0 Å². The van der Waals surface area contributed by atoms with Gasteiger partial charge in [-0.2, -0.15) is 0 Å². The lowest BCUT2D eigenvalue weighted by Gasteiger charge is -2.26. The van der Waals surface area contributed by atoms with Gasteiger partial charge in [0.2, 0.25) is 0 Å². The first-order valence-electron chi connectivity index (χ1n) is 8.64. The molecular weight excluding hydrogens is 363 g/mol. The molecule has 5 heteroatoms. The van der Waals surface area contributed by atoms with Gasteiger partial charge in [-0.3, -0.25) is 9.78 Å². The summed E-state index contributed by atoms with van der Waals surface area (Å²) in [6, 6.07) is 11.6. The number of hydrogen-bond donors (Lipinski definition) is 0. The fourth-order valence-corrected chi connectivity index (χ4v) is 3.12. The summed E-state index contributed by atoms with van der Waals surface area (Å²) >= 11 is 5.88. The highest BCUT2D eigenvalue weighted by Crippen LogP contribution is 2.31. The first kappa shape index (κ1) is 19.2. The molecule has 2 aromatic heterocycles. The van der Waals surface area contributed by atoms with Gasteiger partial charge < -0.3 is 0 Å². The van der Waals surface area contributed by atoms with E-state index in [2.05, 4.69) is 23.8 Å². The zero-order chi connectivity index (χ0) is 19.6. The molecule has 3 aromatic rings. The summed E-state index contributed by atoms with van der Waals surface area (Å²) < 4.78 is 13.6. The second kappa shape index (κ2) is 7.57. The van der Waals surface area contributed by atoms with Gasteiger partial charge in [0.05, 0.1) is 6.20 Å². The Kier molecular flexibility index (Phi) is 5.38. The van der Waals surface area contributed by atoms with Gasteiger partial charge in [0, 0.05) is 29.8 Å². The maximum absolute atomic E-state index is 13.6. The van der Waals surface area contributed by atoms with E-state index in [1.54, 1.807) is 19.2 Å². The largest absolute Gasteiger partial charge is 0.294 e. The zero-order valence-electron chi connectivity index (χ0n) is 15.5. The van der Waals surface area contributed by atoms with Crippen molar-refractivity contribution in [3.05, 3.63) is 93.8 Å². The maximum atomic E-state index is 13.6. The van der Waals surface area contributed by atoms with E-state index in [-0.39, 0.29) is 17.6 Å². The number of halogens is 2. The Balaban J connectivity index is 1.80. The lowest BCUT2D eigenvalue weighted by atomic mass is 9.78. The minimum Gasteiger partial charge on any atom is -0.294 e. The van der Waals surface area contributed by atoms with Crippen molar-refractivity contribution < 1.29 is 9.18 Å². The molecule has 27 heavy (non-hydrogen) atoms. The number of nitrogens with zero attached hydrogens (tertiary/aromatic N) is 2. The normalized spacial score (nSPS) is 11.4. The second-order valence-corrected chi connectivity index (χ2v) is 7.47. The maximum Gasteiger partial charge on any atom is 0.169 e. The van der Waals surface area contributed by atoms with Crippen molar-refractivity contribution in [2.45, 2.75) is 32.6 Å². The standard InChI is InChI=1S/C22H20ClFN2O/c1-14-18(12-25-13-19(14)24)20(27)10-15-4-6-16(7-5-15)22(2,3)17-8-9-21(23)26-11-17/h4-9,11-13H,10H2,1-3H3. The highest BCUT2D eigenvalue weighted by atomic mass is 35.5. The molecule has 0 aliphatic rings. The number of carbonyl (C=O) groups excluding carboxylic acids is 1. The smallest absolute Gasteiger partial charge is 0.169 e. The van der Waals surface area contributed by atoms with Gasteiger partial charge in [0.25, 0.3) is 0 Å².